The second-order valence-corrected chi connectivity index (χ2v) is 7.74. The van der Waals surface area contributed by atoms with Crippen molar-refractivity contribution < 1.29 is 44.1 Å². The van der Waals surface area contributed by atoms with Crippen LogP contribution in [0.4, 0.5) is 0 Å². The molecule has 1 heterocycles. The van der Waals surface area contributed by atoms with Gasteiger partial charge in [0.2, 0.25) is 17.7 Å². The van der Waals surface area contributed by atoms with E-state index < -0.39 is 72.6 Å². The Balaban J connectivity index is 2.92. The second kappa shape index (κ2) is 13.3. The van der Waals surface area contributed by atoms with Crippen molar-refractivity contribution in [2.45, 2.75) is 69.1 Å². The number of hydrogen-bond acceptors (Lipinski definition) is 8. The van der Waals surface area contributed by atoms with E-state index in [-0.39, 0.29) is 19.4 Å². The Kier molecular flexibility index (Phi) is 11.2. The van der Waals surface area contributed by atoms with Crippen molar-refractivity contribution in [1.82, 2.24) is 15.5 Å². The van der Waals surface area contributed by atoms with Crippen molar-refractivity contribution in [1.29, 1.82) is 0 Å². The molecular formula is C19H31N5O9. The van der Waals surface area contributed by atoms with Crippen LogP contribution in [-0.4, -0.2) is 93.1 Å². The van der Waals surface area contributed by atoms with Gasteiger partial charge in [-0.15, -0.1) is 0 Å². The van der Waals surface area contributed by atoms with Crippen LogP contribution < -0.4 is 22.1 Å². The molecule has 9 N–H and O–H groups in total. The number of carboxylic acids is 3. The van der Waals surface area contributed by atoms with Gasteiger partial charge in [0.1, 0.15) is 18.1 Å². The maximum Gasteiger partial charge on any atom is 0.326 e. The fourth-order valence-corrected chi connectivity index (χ4v) is 3.46. The Morgan fingerprint density at radius 3 is 2.12 bits per heavy atom. The number of aliphatic carboxylic acids is 3. The van der Waals surface area contributed by atoms with Crippen molar-refractivity contribution in [3.63, 3.8) is 0 Å². The molecule has 4 unspecified atom stereocenters. The molecule has 0 radical (unpaired) electrons. The van der Waals surface area contributed by atoms with E-state index in [1.165, 1.54) is 0 Å². The topological polar surface area (TPSA) is 242 Å². The second-order valence-electron chi connectivity index (χ2n) is 7.74. The molecule has 1 fully saturated rings. The van der Waals surface area contributed by atoms with Gasteiger partial charge in [-0.1, -0.05) is 0 Å². The zero-order valence-electron chi connectivity index (χ0n) is 18.1. The van der Waals surface area contributed by atoms with Gasteiger partial charge >= 0.3 is 17.9 Å². The normalized spacial score (nSPS) is 18.1. The molecule has 33 heavy (non-hydrogen) atoms. The summed E-state index contributed by atoms with van der Waals surface area (Å²) in [6, 6.07) is -5.31. The van der Waals surface area contributed by atoms with Gasteiger partial charge in [-0.25, -0.2) is 4.79 Å². The van der Waals surface area contributed by atoms with E-state index in [4.69, 9.17) is 21.7 Å². The molecule has 1 rings (SSSR count). The molecule has 1 aliphatic heterocycles. The molecule has 3 amide bonds. The highest BCUT2D eigenvalue weighted by Crippen LogP contribution is 2.20. The zero-order valence-corrected chi connectivity index (χ0v) is 18.1. The molecule has 4 atom stereocenters. The number of hydrogen-bond donors (Lipinski definition) is 7. The van der Waals surface area contributed by atoms with Crippen LogP contribution in [0.2, 0.25) is 0 Å². The Labute approximate surface area is 189 Å². The predicted octanol–water partition coefficient (Wildman–Crippen LogP) is -2.56. The molecule has 0 saturated carbocycles. The highest BCUT2D eigenvalue weighted by molar-refractivity contribution is 5.96. The Morgan fingerprint density at radius 2 is 1.58 bits per heavy atom. The van der Waals surface area contributed by atoms with Gasteiger partial charge < -0.3 is 42.3 Å². The van der Waals surface area contributed by atoms with Crippen LogP contribution >= 0.6 is 0 Å². The van der Waals surface area contributed by atoms with Crippen LogP contribution in [0.25, 0.3) is 0 Å². The molecule has 0 bridgehead atoms. The number of nitrogens with one attached hydrogen (secondary N) is 2. The summed E-state index contributed by atoms with van der Waals surface area (Å²) in [6.45, 7) is 0.465. The molecule has 186 valence electrons. The minimum absolute atomic E-state index is 0.0923. The highest BCUT2D eigenvalue weighted by Gasteiger charge is 2.39. The predicted molar refractivity (Wildman–Crippen MR) is 112 cm³/mol. The highest BCUT2D eigenvalue weighted by atomic mass is 16.4. The van der Waals surface area contributed by atoms with Gasteiger partial charge in [-0.2, -0.15) is 0 Å². The maximum atomic E-state index is 13.0. The summed E-state index contributed by atoms with van der Waals surface area (Å²) in [5.41, 5.74) is 10.9. The first-order valence-electron chi connectivity index (χ1n) is 10.5. The summed E-state index contributed by atoms with van der Waals surface area (Å²) < 4.78 is 0. The molecule has 1 aliphatic rings. The molecule has 0 aromatic heterocycles. The Hall–Kier alpha value is -3.26. The quantitative estimate of drug-likeness (QED) is 0.129. The van der Waals surface area contributed by atoms with E-state index in [1.807, 2.05) is 0 Å². The lowest BCUT2D eigenvalue weighted by molar-refractivity contribution is -0.147. The molecule has 0 aliphatic carbocycles. The lowest BCUT2D eigenvalue weighted by Crippen LogP contribution is -2.57. The van der Waals surface area contributed by atoms with Crippen LogP contribution in [-0.2, 0) is 28.8 Å². The molecule has 1 saturated heterocycles. The van der Waals surface area contributed by atoms with Crippen molar-refractivity contribution in [2.75, 3.05) is 13.1 Å². The van der Waals surface area contributed by atoms with Gasteiger partial charge in [0.25, 0.3) is 0 Å². The third-order valence-corrected chi connectivity index (χ3v) is 5.12. The Morgan fingerprint density at radius 1 is 0.939 bits per heavy atom. The van der Waals surface area contributed by atoms with Crippen LogP contribution in [0.1, 0.15) is 44.9 Å². The van der Waals surface area contributed by atoms with E-state index in [0.717, 1.165) is 4.90 Å². The number of carbonyl (C=O) groups is 6. The van der Waals surface area contributed by atoms with E-state index in [1.54, 1.807) is 0 Å². The monoisotopic (exact) mass is 473 g/mol. The first kappa shape index (κ1) is 27.8. The van der Waals surface area contributed by atoms with Crippen LogP contribution in [0.3, 0.4) is 0 Å². The standard InChI is InChI=1S/C19H31N5O9/c20-6-2-1-4-11(19(32)33)22-17(30)13-5-3-7-24(13)18(31)12(9-15(27)28)23-16(29)10(21)8-14(25)26/h10-13H,1-9,20-21H2,(H,22,30)(H,23,29)(H,25,26)(H,27,28)(H,32,33). The third kappa shape index (κ3) is 9.02. The van der Waals surface area contributed by atoms with Crippen molar-refractivity contribution in [3.8, 4) is 0 Å². The lowest BCUT2D eigenvalue weighted by Gasteiger charge is -2.29. The first-order valence-corrected chi connectivity index (χ1v) is 10.5. The van der Waals surface area contributed by atoms with Crippen LogP contribution in [0.15, 0.2) is 0 Å². The summed E-state index contributed by atoms with van der Waals surface area (Å²) >= 11 is 0. The summed E-state index contributed by atoms with van der Waals surface area (Å²) in [4.78, 5) is 72.3. The van der Waals surface area contributed by atoms with Gasteiger partial charge in [-0.3, -0.25) is 24.0 Å². The SMILES string of the molecule is NCCCCC(NC(=O)C1CCCN1C(=O)C(CC(=O)O)NC(=O)C(N)CC(=O)O)C(=O)O. The number of carboxylic acid groups (broad SMARTS) is 3. The number of nitrogens with two attached hydrogens (primary N) is 2. The Bertz CT molecular complexity index is 760. The van der Waals surface area contributed by atoms with E-state index in [2.05, 4.69) is 10.6 Å². The number of likely N-dealkylation sites (tertiary alicyclic amines) is 1. The number of nitrogens with zero attached hydrogens (tertiary/aromatic N) is 1. The van der Waals surface area contributed by atoms with Crippen molar-refractivity contribution in [3.05, 3.63) is 0 Å². The third-order valence-electron chi connectivity index (χ3n) is 5.12. The smallest absolute Gasteiger partial charge is 0.326 e. The molecule has 0 spiro atoms. The molecule has 0 aromatic rings. The van der Waals surface area contributed by atoms with Crippen molar-refractivity contribution in [2.24, 2.45) is 11.5 Å². The average Bonchev–Trinajstić information content (AvgIpc) is 3.21. The van der Waals surface area contributed by atoms with Gasteiger partial charge in [0, 0.05) is 6.54 Å². The lowest BCUT2D eigenvalue weighted by atomic mass is 10.1. The van der Waals surface area contributed by atoms with Crippen molar-refractivity contribution >= 4 is 35.6 Å². The van der Waals surface area contributed by atoms with E-state index in [9.17, 15) is 33.9 Å². The van der Waals surface area contributed by atoms with Gasteiger partial charge in [0.15, 0.2) is 0 Å². The fraction of sp³-hybridized carbons (Fsp3) is 0.684. The van der Waals surface area contributed by atoms with Gasteiger partial charge in [-0.05, 0) is 38.6 Å². The molecule has 0 aromatic carbocycles. The zero-order chi connectivity index (χ0) is 25.1. The number of rotatable bonds is 14. The molecule has 14 nitrogen and oxygen atoms in total. The maximum absolute atomic E-state index is 13.0. The summed E-state index contributed by atoms with van der Waals surface area (Å²) in [7, 11) is 0. The minimum Gasteiger partial charge on any atom is -0.481 e. The average molecular weight is 473 g/mol. The largest absolute Gasteiger partial charge is 0.481 e. The number of amides is 3. The minimum atomic E-state index is -1.58. The molecular weight excluding hydrogens is 442 g/mol. The van der Waals surface area contributed by atoms with Gasteiger partial charge in [0.05, 0.1) is 18.9 Å². The summed E-state index contributed by atoms with van der Waals surface area (Å²) in [5.74, 6) is -6.59. The van der Waals surface area contributed by atoms with Crippen LogP contribution in [0.5, 0.6) is 0 Å². The first-order chi connectivity index (χ1) is 15.5. The van der Waals surface area contributed by atoms with Crippen LogP contribution in [0, 0.1) is 0 Å². The number of carbonyl (C=O) groups excluding carboxylic acids is 3. The summed E-state index contributed by atoms with van der Waals surface area (Å²) in [6.07, 6.45) is 0.290. The van der Waals surface area contributed by atoms with E-state index >= 15 is 0 Å². The molecule has 14 heteroatoms. The summed E-state index contributed by atoms with van der Waals surface area (Å²) in [5, 5.41) is 31.8. The van der Waals surface area contributed by atoms with E-state index in [0.29, 0.717) is 25.8 Å². The number of unbranched alkanes of at least 4 members (excludes halogenated alkanes) is 1. The fourth-order valence-electron chi connectivity index (χ4n) is 3.46.